The summed E-state index contributed by atoms with van der Waals surface area (Å²) >= 11 is 0. The number of hydrogen-bond donors (Lipinski definition) is 1. The van der Waals surface area contributed by atoms with Gasteiger partial charge in [0.1, 0.15) is 0 Å². The predicted octanol–water partition coefficient (Wildman–Crippen LogP) is 1.31. The van der Waals surface area contributed by atoms with Gasteiger partial charge in [-0.15, -0.1) is 0 Å². The zero-order chi connectivity index (χ0) is 10.8. The molecule has 0 aliphatic carbocycles. The molecular weight excluding hydrogens is 202 g/mol. The summed E-state index contributed by atoms with van der Waals surface area (Å²) in [5.74, 6) is 0.675. The van der Waals surface area contributed by atoms with Crippen molar-refractivity contribution in [2.45, 2.75) is 31.2 Å². The van der Waals surface area contributed by atoms with Crippen molar-refractivity contribution >= 4 is 0 Å². The summed E-state index contributed by atoms with van der Waals surface area (Å²) in [5, 5.41) is 7.92. The van der Waals surface area contributed by atoms with Crippen molar-refractivity contribution in [2.75, 3.05) is 26.3 Å². The van der Waals surface area contributed by atoms with Crippen molar-refractivity contribution in [1.82, 2.24) is 15.1 Å². The lowest BCUT2D eigenvalue weighted by Crippen LogP contribution is -2.19. The molecule has 4 nitrogen and oxygen atoms in total. The van der Waals surface area contributed by atoms with Crippen molar-refractivity contribution in [2.24, 2.45) is 0 Å². The van der Waals surface area contributed by atoms with Crippen molar-refractivity contribution in [3.63, 3.8) is 0 Å². The second kappa shape index (κ2) is 4.55. The lowest BCUT2D eigenvalue weighted by atomic mass is 10.0. The first kappa shape index (κ1) is 10.3. The molecule has 0 spiro atoms. The summed E-state index contributed by atoms with van der Waals surface area (Å²) in [6, 6.07) is 0.553. The summed E-state index contributed by atoms with van der Waals surface area (Å²) in [6.45, 7) is 4.02. The molecule has 1 atom stereocenters. The molecule has 1 N–H and O–H groups in total. The molecule has 16 heavy (non-hydrogen) atoms. The Kier molecular flexibility index (Phi) is 2.93. The molecule has 0 amide bonds. The van der Waals surface area contributed by atoms with Gasteiger partial charge in [0.15, 0.2) is 0 Å². The Balaban J connectivity index is 1.71. The van der Waals surface area contributed by atoms with E-state index < -0.39 is 0 Å². The van der Waals surface area contributed by atoms with Crippen molar-refractivity contribution in [1.29, 1.82) is 0 Å². The minimum absolute atomic E-state index is 0.553. The van der Waals surface area contributed by atoms with Gasteiger partial charge in [0, 0.05) is 31.9 Å². The van der Waals surface area contributed by atoms with Crippen LogP contribution in [0.5, 0.6) is 0 Å². The largest absolute Gasteiger partial charge is 0.381 e. The molecular formula is C12H19N3O. The second-order valence-electron chi connectivity index (χ2n) is 4.79. The van der Waals surface area contributed by atoms with Gasteiger partial charge >= 0.3 is 0 Å². The topological polar surface area (TPSA) is 39.1 Å². The van der Waals surface area contributed by atoms with Crippen molar-refractivity contribution < 1.29 is 4.74 Å². The molecule has 0 aromatic carbocycles. The van der Waals surface area contributed by atoms with E-state index >= 15 is 0 Å². The second-order valence-corrected chi connectivity index (χ2v) is 4.79. The zero-order valence-electron chi connectivity index (χ0n) is 9.56. The summed E-state index contributed by atoms with van der Waals surface area (Å²) in [7, 11) is 0. The Bertz CT molecular complexity index is 338. The van der Waals surface area contributed by atoms with Gasteiger partial charge < -0.3 is 10.1 Å². The fraction of sp³-hybridized carbons (Fsp3) is 0.750. The molecule has 2 aliphatic rings. The number of ether oxygens (including phenoxy) is 1. The van der Waals surface area contributed by atoms with Crippen LogP contribution >= 0.6 is 0 Å². The average molecular weight is 221 g/mol. The number of nitrogens with one attached hydrogen (secondary N) is 1. The molecule has 88 valence electrons. The van der Waals surface area contributed by atoms with Crippen molar-refractivity contribution in [3.8, 4) is 0 Å². The van der Waals surface area contributed by atoms with E-state index in [0.717, 1.165) is 39.1 Å². The highest BCUT2D eigenvalue weighted by Crippen LogP contribution is 2.25. The van der Waals surface area contributed by atoms with Gasteiger partial charge in [-0.25, -0.2) is 0 Å². The van der Waals surface area contributed by atoms with Crippen LogP contribution in [-0.4, -0.2) is 36.1 Å². The summed E-state index contributed by atoms with van der Waals surface area (Å²) in [4.78, 5) is 0. The van der Waals surface area contributed by atoms with Crippen LogP contribution in [0, 0.1) is 0 Å². The maximum atomic E-state index is 5.38. The molecule has 2 aliphatic heterocycles. The van der Waals surface area contributed by atoms with E-state index in [2.05, 4.69) is 21.3 Å². The molecule has 1 aromatic heterocycles. The maximum absolute atomic E-state index is 5.38. The third kappa shape index (κ3) is 1.99. The Morgan fingerprint density at radius 3 is 2.94 bits per heavy atom. The Labute approximate surface area is 96.0 Å². The molecule has 2 fully saturated rings. The third-order valence-electron chi connectivity index (χ3n) is 3.72. The van der Waals surface area contributed by atoms with Crippen molar-refractivity contribution in [3.05, 3.63) is 18.0 Å². The van der Waals surface area contributed by atoms with E-state index in [4.69, 9.17) is 4.74 Å². The molecule has 0 bridgehead atoms. The highest BCUT2D eigenvalue weighted by molar-refractivity contribution is 5.14. The molecule has 1 aromatic rings. The first-order valence-electron chi connectivity index (χ1n) is 6.26. The van der Waals surface area contributed by atoms with Crippen LogP contribution < -0.4 is 5.32 Å². The lowest BCUT2D eigenvalue weighted by Gasteiger charge is -2.22. The van der Waals surface area contributed by atoms with Crippen LogP contribution in [0.4, 0.5) is 0 Å². The van der Waals surface area contributed by atoms with Crippen LogP contribution in [0.1, 0.15) is 36.8 Å². The standard InChI is InChI=1S/C12H19N3O/c1-4-13-7-10(1)11-8-14-15(9-11)12-2-5-16-6-3-12/h8-10,12-13H,1-7H2. The summed E-state index contributed by atoms with van der Waals surface area (Å²) in [5.41, 5.74) is 1.40. The lowest BCUT2D eigenvalue weighted by molar-refractivity contribution is 0.0662. The van der Waals surface area contributed by atoms with Gasteiger partial charge in [0.25, 0.3) is 0 Å². The minimum atomic E-state index is 0.553. The number of rotatable bonds is 2. The van der Waals surface area contributed by atoms with E-state index in [9.17, 15) is 0 Å². The Morgan fingerprint density at radius 2 is 2.19 bits per heavy atom. The quantitative estimate of drug-likeness (QED) is 0.818. The normalized spacial score (nSPS) is 27.4. The fourth-order valence-corrected chi connectivity index (χ4v) is 2.65. The number of aromatic nitrogens is 2. The molecule has 1 unspecified atom stereocenters. The first-order valence-corrected chi connectivity index (χ1v) is 6.26. The smallest absolute Gasteiger partial charge is 0.0563 e. The van der Waals surface area contributed by atoms with Gasteiger partial charge in [-0.3, -0.25) is 4.68 Å². The van der Waals surface area contributed by atoms with E-state index in [0.29, 0.717) is 12.0 Å². The summed E-state index contributed by atoms with van der Waals surface area (Å²) < 4.78 is 7.53. The van der Waals surface area contributed by atoms with Gasteiger partial charge in [-0.05, 0) is 31.4 Å². The zero-order valence-corrected chi connectivity index (χ0v) is 9.56. The third-order valence-corrected chi connectivity index (χ3v) is 3.72. The van der Waals surface area contributed by atoms with Crippen LogP contribution in [0.2, 0.25) is 0 Å². The first-order chi connectivity index (χ1) is 7.93. The van der Waals surface area contributed by atoms with E-state index in [-0.39, 0.29) is 0 Å². The molecule has 3 rings (SSSR count). The van der Waals surface area contributed by atoms with Gasteiger partial charge in [-0.2, -0.15) is 5.10 Å². The molecule has 0 saturated carbocycles. The van der Waals surface area contributed by atoms with Crippen LogP contribution in [-0.2, 0) is 4.74 Å². The number of hydrogen-bond acceptors (Lipinski definition) is 3. The molecule has 2 saturated heterocycles. The van der Waals surface area contributed by atoms with Gasteiger partial charge in [-0.1, -0.05) is 0 Å². The highest BCUT2D eigenvalue weighted by Gasteiger charge is 2.21. The van der Waals surface area contributed by atoms with Crippen LogP contribution in [0.25, 0.3) is 0 Å². The van der Waals surface area contributed by atoms with E-state index in [1.165, 1.54) is 12.0 Å². The van der Waals surface area contributed by atoms with Gasteiger partial charge in [0.05, 0.1) is 12.2 Å². The Morgan fingerprint density at radius 1 is 1.31 bits per heavy atom. The highest BCUT2D eigenvalue weighted by atomic mass is 16.5. The maximum Gasteiger partial charge on any atom is 0.0563 e. The number of nitrogens with zero attached hydrogens (tertiary/aromatic N) is 2. The molecule has 0 radical (unpaired) electrons. The van der Waals surface area contributed by atoms with Crippen LogP contribution in [0.15, 0.2) is 12.4 Å². The van der Waals surface area contributed by atoms with E-state index in [1.807, 2.05) is 6.20 Å². The fourth-order valence-electron chi connectivity index (χ4n) is 2.65. The van der Waals surface area contributed by atoms with Gasteiger partial charge in [0.2, 0.25) is 0 Å². The molecule has 4 heteroatoms. The molecule has 3 heterocycles. The van der Waals surface area contributed by atoms with Crippen LogP contribution in [0.3, 0.4) is 0 Å². The predicted molar refractivity (Wildman–Crippen MR) is 61.5 cm³/mol. The summed E-state index contributed by atoms with van der Waals surface area (Å²) in [6.07, 6.45) is 7.74. The minimum Gasteiger partial charge on any atom is -0.381 e. The van der Waals surface area contributed by atoms with E-state index in [1.54, 1.807) is 0 Å². The SMILES string of the molecule is c1nn(C2CCOCC2)cc1C1CCNC1. The monoisotopic (exact) mass is 221 g/mol. The Hall–Kier alpha value is -0.870. The average Bonchev–Trinajstić information content (AvgIpc) is 3.01.